The van der Waals surface area contributed by atoms with E-state index in [1.807, 2.05) is 37.3 Å². The number of H-pyrrole nitrogens is 1. The second-order valence-corrected chi connectivity index (χ2v) is 7.33. The Kier molecular flexibility index (Phi) is 5.03. The molecule has 5 rings (SSSR count). The largest absolute Gasteiger partial charge is 0.338 e. The zero-order valence-electron chi connectivity index (χ0n) is 17.1. The summed E-state index contributed by atoms with van der Waals surface area (Å²) in [5, 5.41) is 3.25. The Morgan fingerprint density at radius 1 is 0.938 bits per heavy atom. The number of halogens is 2. The number of aryl methyl sites for hydroxylation is 1. The summed E-state index contributed by atoms with van der Waals surface area (Å²) in [5.74, 6) is 0.989. The summed E-state index contributed by atoms with van der Waals surface area (Å²) in [6.07, 6.45) is 2.62. The summed E-state index contributed by atoms with van der Waals surface area (Å²) in [7, 11) is 0. The van der Waals surface area contributed by atoms with Gasteiger partial charge in [-0.3, -0.25) is 4.98 Å². The van der Waals surface area contributed by atoms with Crippen molar-refractivity contribution in [2.45, 2.75) is 13.3 Å². The first-order chi connectivity index (χ1) is 15.6. The molecule has 0 aliphatic heterocycles. The van der Waals surface area contributed by atoms with E-state index in [1.54, 1.807) is 30.7 Å². The summed E-state index contributed by atoms with van der Waals surface area (Å²) in [6.45, 7) is 1.96. The minimum atomic E-state index is -2.53. The van der Waals surface area contributed by atoms with Crippen LogP contribution >= 0.6 is 0 Å². The van der Waals surface area contributed by atoms with E-state index in [9.17, 15) is 8.78 Å². The van der Waals surface area contributed by atoms with E-state index in [0.717, 1.165) is 28.0 Å². The number of aromatic nitrogens is 5. The number of alkyl halides is 2. The van der Waals surface area contributed by atoms with Gasteiger partial charge in [0.05, 0.1) is 16.7 Å². The van der Waals surface area contributed by atoms with Crippen LogP contribution < -0.4 is 5.32 Å². The monoisotopic (exact) mass is 428 g/mol. The highest BCUT2D eigenvalue weighted by atomic mass is 19.3. The zero-order valence-corrected chi connectivity index (χ0v) is 17.1. The van der Waals surface area contributed by atoms with Crippen molar-refractivity contribution >= 4 is 22.7 Å². The molecule has 8 heteroatoms. The van der Waals surface area contributed by atoms with Crippen molar-refractivity contribution in [1.82, 2.24) is 24.9 Å². The third kappa shape index (κ3) is 3.90. The van der Waals surface area contributed by atoms with Crippen molar-refractivity contribution in [1.29, 1.82) is 0 Å². The summed E-state index contributed by atoms with van der Waals surface area (Å²) in [4.78, 5) is 20.8. The van der Waals surface area contributed by atoms with Crippen LogP contribution in [0.2, 0.25) is 0 Å². The minimum Gasteiger partial charge on any atom is -0.338 e. The van der Waals surface area contributed by atoms with Gasteiger partial charge in [-0.05, 0) is 48.9 Å². The van der Waals surface area contributed by atoms with Crippen molar-refractivity contribution in [3.63, 3.8) is 0 Å². The summed E-state index contributed by atoms with van der Waals surface area (Å²) in [6, 6.07) is 15.7. The van der Waals surface area contributed by atoms with E-state index in [1.165, 1.54) is 12.1 Å². The van der Waals surface area contributed by atoms with Gasteiger partial charge in [-0.1, -0.05) is 18.2 Å². The van der Waals surface area contributed by atoms with Crippen LogP contribution in [-0.4, -0.2) is 24.9 Å². The predicted molar refractivity (Wildman–Crippen MR) is 120 cm³/mol. The molecule has 2 N–H and O–H groups in total. The SMILES string of the molecule is Cc1cc2[nH]c(-c3cccc(C(F)F)c3)nc2cc1Nc1nccc(-c2cccnc2)n1. The molecule has 0 amide bonds. The molecule has 0 radical (unpaired) electrons. The van der Waals surface area contributed by atoms with E-state index < -0.39 is 6.43 Å². The number of anilines is 2. The zero-order chi connectivity index (χ0) is 22.1. The standard InChI is InChI=1S/C24H18F2N6/c1-14-10-20-21(30-23(29-20)16-5-2-4-15(11-16)22(25)26)12-19(14)32-24-28-9-7-18(31-24)17-6-3-8-27-13-17/h2-13,22H,1H3,(H,29,30)(H,28,31,32). The van der Waals surface area contributed by atoms with Crippen LogP contribution in [0.3, 0.4) is 0 Å². The Bertz CT molecular complexity index is 1400. The predicted octanol–water partition coefficient (Wildman–Crippen LogP) is 6.07. The highest BCUT2D eigenvalue weighted by Gasteiger charge is 2.12. The van der Waals surface area contributed by atoms with Gasteiger partial charge in [0.25, 0.3) is 6.43 Å². The van der Waals surface area contributed by atoms with Crippen LogP contribution in [0.5, 0.6) is 0 Å². The minimum absolute atomic E-state index is 0.0351. The van der Waals surface area contributed by atoms with E-state index in [2.05, 4.69) is 30.2 Å². The normalized spacial score (nSPS) is 11.2. The Morgan fingerprint density at radius 2 is 1.81 bits per heavy atom. The number of hydrogen-bond acceptors (Lipinski definition) is 5. The molecule has 3 aromatic heterocycles. The molecule has 0 spiro atoms. The molecule has 0 saturated carbocycles. The molecule has 158 valence electrons. The first-order valence-corrected chi connectivity index (χ1v) is 9.96. The number of aromatic amines is 1. The van der Waals surface area contributed by atoms with Gasteiger partial charge in [0, 0.05) is 41.0 Å². The van der Waals surface area contributed by atoms with E-state index >= 15 is 0 Å². The molecule has 0 fully saturated rings. The molecule has 6 nitrogen and oxygen atoms in total. The number of imidazole rings is 1. The fourth-order valence-corrected chi connectivity index (χ4v) is 3.47. The van der Waals surface area contributed by atoms with Gasteiger partial charge in [-0.2, -0.15) is 0 Å². The second-order valence-electron chi connectivity index (χ2n) is 7.33. The molecule has 0 bridgehead atoms. The van der Waals surface area contributed by atoms with E-state index in [-0.39, 0.29) is 5.56 Å². The van der Waals surface area contributed by atoms with Crippen LogP contribution in [0, 0.1) is 6.92 Å². The second kappa shape index (κ2) is 8.14. The molecule has 0 aliphatic rings. The smallest absolute Gasteiger partial charge is 0.263 e. The molecule has 2 aromatic carbocycles. The van der Waals surface area contributed by atoms with Crippen LogP contribution in [0.25, 0.3) is 33.7 Å². The lowest BCUT2D eigenvalue weighted by Crippen LogP contribution is -1.99. The van der Waals surface area contributed by atoms with Crippen LogP contribution in [0.4, 0.5) is 20.4 Å². The maximum absolute atomic E-state index is 13.1. The Balaban J connectivity index is 1.47. The van der Waals surface area contributed by atoms with Gasteiger partial charge >= 0.3 is 0 Å². The Morgan fingerprint density at radius 3 is 2.62 bits per heavy atom. The lowest BCUT2D eigenvalue weighted by atomic mass is 10.1. The number of pyridine rings is 1. The topological polar surface area (TPSA) is 79.4 Å². The van der Waals surface area contributed by atoms with Gasteiger partial charge in [-0.25, -0.2) is 23.7 Å². The van der Waals surface area contributed by atoms with Crippen molar-refractivity contribution < 1.29 is 8.78 Å². The molecule has 32 heavy (non-hydrogen) atoms. The number of rotatable bonds is 5. The Labute approximate surface area is 182 Å². The number of nitrogens with zero attached hydrogens (tertiary/aromatic N) is 4. The molecular weight excluding hydrogens is 410 g/mol. The number of benzene rings is 2. The van der Waals surface area contributed by atoms with Crippen LogP contribution in [-0.2, 0) is 0 Å². The van der Waals surface area contributed by atoms with Crippen molar-refractivity contribution in [3.8, 4) is 22.6 Å². The average molecular weight is 428 g/mol. The molecular formula is C24H18F2N6. The quantitative estimate of drug-likeness (QED) is 0.355. The molecule has 0 saturated heterocycles. The molecule has 0 unspecified atom stereocenters. The number of fused-ring (bicyclic) bond motifs is 1. The first kappa shape index (κ1) is 19.7. The first-order valence-electron chi connectivity index (χ1n) is 9.96. The Hall–Kier alpha value is -4.20. The molecule has 3 heterocycles. The summed E-state index contributed by atoms with van der Waals surface area (Å²) in [5.41, 5.74) is 5.52. The van der Waals surface area contributed by atoms with E-state index in [0.29, 0.717) is 22.9 Å². The van der Waals surface area contributed by atoms with Crippen LogP contribution in [0.1, 0.15) is 17.6 Å². The molecule has 5 aromatic rings. The summed E-state index contributed by atoms with van der Waals surface area (Å²) < 4.78 is 26.1. The lowest BCUT2D eigenvalue weighted by molar-refractivity contribution is 0.151. The van der Waals surface area contributed by atoms with Gasteiger partial charge in [0.1, 0.15) is 5.82 Å². The van der Waals surface area contributed by atoms with Gasteiger partial charge in [-0.15, -0.1) is 0 Å². The van der Waals surface area contributed by atoms with Crippen molar-refractivity contribution in [2.24, 2.45) is 0 Å². The maximum atomic E-state index is 13.1. The molecule has 0 atom stereocenters. The fraction of sp³-hybridized carbons (Fsp3) is 0.0833. The number of nitrogens with one attached hydrogen (secondary N) is 2. The van der Waals surface area contributed by atoms with Gasteiger partial charge < -0.3 is 10.3 Å². The average Bonchev–Trinajstić information content (AvgIpc) is 3.23. The highest BCUT2D eigenvalue weighted by molar-refractivity contribution is 5.85. The van der Waals surface area contributed by atoms with Gasteiger partial charge in [0.2, 0.25) is 5.95 Å². The van der Waals surface area contributed by atoms with Crippen molar-refractivity contribution in [3.05, 3.63) is 84.3 Å². The maximum Gasteiger partial charge on any atom is 0.263 e. The van der Waals surface area contributed by atoms with Gasteiger partial charge in [0.15, 0.2) is 0 Å². The number of hydrogen-bond donors (Lipinski definition) is 2. The van der Waals surface area contributed by atoms with E-state index in [4.69, 9.17) is 0 Å². The highest BCUT2D eigenvalue weighted by Crippen LogP contribution is 2.29. The third-order valence-electron chi connectivity index (χ3n) is 5.10. The summed E-state index contributed by atoms with van der Waals surface area (Å²) >= 11 is 0. The lowest BCUT2D eigenvalue weighted by Gasteiger charge is -2.09. The molecule has 0 aliphatic carbocycles. The van der Waals surface area contributed by atoms with Crippen molar-refractivity contribution in [2.75, 3.05) is 5.32 Å². The van der Waals surface area contributed by atoms with Crippen LogP contribution in [0.15, 0.2) is 73.2 Å². The third-order valence-corrected chi connectivity index (χ3v) is 5.10. The fourth-order valence-electron chi connectivity index (χ4n) is 3.47.